The summed E-state index contributed by atoms with van der Waals surface area (Å²) in [4.78, 5) is 24.9. The fourth-order valence-electron chi connectivity index (χ4n) is 1.80. The number of amides is 2. The number of sulfone groups is 1. The molecular formula is C15H21FN2O4S. The standard InChI is InChI=1S/C15H21FN2O4S/c1-3-4-9-18(2)15(20)11-23(21,22)10-14(19)17-13-7-5-12(16)6-8-13/h5-8H,3-4,9-11H2,1-2H3,(H,17,19). The minimum Gasteiger partial charge on any atom is -0.345 e. The van der Waals surface area contributed by atoms with Crippen LogP contribution in [0, 0.1) is 5.82 Å². The maximum absolute atomic E-state index is 12.8. The van der Waals surface area contributed by atoms with Crippen molar-refractivity contribution in [2.24, 2.45) is 0 Å². The molecule has 0 heterocycles. The van der Waals surface area contributed by atoms with E-state index in [9.17, 15) is 22.4 Å². The van der Waals surface area contributed by atoms with E-state index in [2.05, 4.69) is 5.32 Å². The van der Waals surface area contributed by atoms with Crippen LogP contribution in [0.3, 0.4) is 0 Å². The Balaban J connectivity index is 2.55. The number of hydrogen-bond donors (Lipinski definition) is 1. The Labute approximate surface area is 135 Å². The molecule has 23 heavy (non-hydrogen) atoms. The van der Waals surface area contributed by atoms with Gasteiger partial charge in [-0.1, -0.05) is 13.3 Å². The van der Waals surface area contributed by atoms with E-state index in [1.807, 2.05) is 6.92 Å². The molecule has 0 atom stereocenters. The van der Waals surface area contributed by atoms with Gasteiger partial charge < -0.3 is 10.2 Å². The molecule has 0 aliphatic heterocycles. The van der Waals surface area contributed by atoms with E-state index in [1.54, 1.807) is 0 Å². The van der Waals surface area contributed by atoms with Crippen LogP contribution in [0.15, 0.2) is 24.3 Å². The van der Waals surface area contributed by atoms with Crippen LogP contribution in [-0.2, 0) is 19.4 Å². The summed E-state index contributed by atoms with van der Waals surface area (Å²) in [6.07, 6.45) is 1.68. The first-order valence-electron chi connectivity index (χ1n) is 7.23. The fraction of sp³-hybridized carbons (Fsp3) is 0.467. The smallest absolute Gasteiger partial charge is 0.239 e. The van der Waals surface area contributed by atoms with Gasteiger partial charge >= 0.3 is 0 Å². The van der Waals surface area contributed by atoms with Crippen LogP contribution in [0.1, 0.15) is 19.8 Å². The molecule has 0 saturated carbocycles. The molecule has 1 aromatic carbocycles. The van der Waals surface area contributed by atoms with Gasteiger partial charge in [0, 0.05) is 19.3 Å². The highest BCUT2D eigenvalue weighted by molar-refractivity contribution is 7.92. The summed E-state index contributed by atoms with van der Waals surface area (Å²) < 4.78 is 36.6. The van der Waals surface area contributed by atoms with Crippen LogP contribution < -0.4 is 5.32 Å². The second-order valence-corrected chi connectivity index (χ2v) is 7.32. The van der Waals surface area contributed by atoms with Gasteiger partial charge in [0.25, 0.3) is 0 Å². The number of benzene rings is 1. The first-order chi connectivity index (χ1) is 10.7. The number of nitrogens with zero attached hydrogens (tertiary/aromatic N) is 1. The summed E-state index contributed by atoms with van der Waals surface area (Å²) in [5.74, 6) is -3.26. The zero-order chi connectivity index (χ0) is 17.5. The maximum atomic E-state index is 12.8. The molecule has 8 heteroatoms. The molecule has 0 unspecified atom stereocenters. The number of anilines is 1. The molecule has 0 aliphatic rings. The number of unbranched alkanes of at least 4 members (excludes halogenated alkanes) is 1. The normalized spacial score (nSPS) is 11.1. The molecule has 0 fully saturated rings. The summed E-state index contributed by atoms with van der Waals surface area (Å²) in [7, 11) is -2.32. The van der Waals surface area contributed by atoms with Crippen LogP contribution in [-0.4, -0.2) is 50.2 Å². The fourth-order valence-corrected chi connectivity index (χ4v) is 2.97. The van der Waals surface area contributed by atoms with Gasteiger partial charge in [-0.05, 0) is 30.7 Å². The molecule has 1 rings (SSSR count). The van der Waals surface area contributed by atoms with E-state index in [0.717, 1.165) is 25.0 Å². The number of rotatable bonds is 8. The lowest BCUT2D eigenvalue weighted by molar-refractivity contribution is -0.127. The van der Waals surface area contributed by atoms with Crippen LogP contribution in [0.25, 0.3) is 0 Å². The Hall–Kier alpha value is -1.96. The number of carbonyl (C=O) groups excluding carboxylic acids is 2. The average molecular weight is 344 g/mol. The second kappa shape index (κ2) is 8.61. The van der Waals surface area contributed by atoms with Gasteiger partial charge in [0.2, 0.25) is 11.8 Å². The van der Waals surface area contributed by atoms with Crippen LogP contribution in [0.4, 0.5) is 10.1 Å². The lowest BCUT2D eigenvalue weighted by Crippen LogP contribution is -2.36. The Bertz CT molecular complexity index is 644. The molecule has 2 amide bonds. The molecule has 0 aliphatic carbocycles. The molecular weight excluding hydrogens is 323 g/mol. The van der Waals surface area contributed by atoms with E-state index in [0.29, 0.717) is 6.54 Å². The van der Waals surface area contributed by atoms with Crippen molar-refractivity contribution in [2.45, 2.75) is 19.8 Å². The van der Waals surface area contributed by atoms with Crippen molar-refractivity contribution in [3.63, 3.8) is 0 Å². The minimum absolute atomic E-state index is 0.290. The molecule has 128 valence electrons. The quantitative estimate of drug-likeness (QED) is 0.773. The largest absolute Gasteiger partial charge is 0.345 e. The van der Waals surface area contributed by atoms with E-state index >= 15 is 0 Å². The van der Waals surface area contributed by atoms with Gasteiger partial charge in [-0.25, -0.2) is 12.8 Å². The predicted molar refractivity (Wildman–Crippen MR) is 86.2 cm³/mol. The predicted octanol–water partition coefficient (Wildman–Crippen LogP) is 1.44. The van der Waals surface area contributed by atoms with E-state index in [4.69, 9.17) is 0 Å². The van der Waals surface area contributed by atoms with Crippen molar-refractivity contribution >= 4 is 27.3 Å². The van der Waals surface area contributed by atoms with Gasteiger partial charge in [0.1, 0.15) is 17.3 Å². The van der Waals surface area contributed by atoms with Gasteiger partial charge in [0.15, 0.2) is 9.84 Å². The molecule has 0 spiro atoms. The zero-order valence-electron chi connectivity index (χ0n) is 13.2. The summed E-state index contributed by atoms with van der Waals surface area (Å²) in [5.41, 5.74) is 0.290. The second-order valence-electron chi connectivity index (χ2n) is 5.26. The van der Waals surface area contributed by atoms with Gasteiger partial charge in [-0.15, -0.1) is 0 Å². The lowest BCUT2D eigenvalue weighted by atomic mass is 10.3. The monoisotopic (exact) mass is 344 g/mol. The average Bonchev–Trinajstić information content (AvgIpc) is 2.45. The molecule has 0 saturated heterocycles. The van der Waals surface area contributed by atoms with Gasteiger partial charge in [-0.3, -0.25) is 9.59 Å². The molecule has 1 N–H and O–H groups in total. The van der Waals surface area contributed by atoms with E-state index in [-0.39, 0.29) is 5.69 Å². The Morgan fingerprint density at radius 1 is 1.17 bits per heavy atom. The van der Waals surface area contributed by atoms with Crippen molar-refractivity contribution in [2.75, 3.05) is 30.4 Å². The third-order valence-electron chi connectivity index (χ3n) is 3.10. The third kappa shape index (κ3) is 7.23. The van der Waals surface area contributed by atoms with Gasteiger partial charge in [-0.2, -0.15) is 0 Å². The number of hydrogen-bond acceptors (Lipinski definition) is 4. The summed E-state index contributed by atoms with van der Waals surface area (Å²) in [6, 6.07) is 4.94. The first kappa shape index (κ1) is 19.1. The topological polar surface area (TPSA) is 83.6 Å². The molecule has 0 aromatic heterocycles. The third-order valence-corrected chi connectivity index (χ3v) is 4.48. The minimum atomic E-state index is -3.86. The number of halogens is 1. The first-order valence-corrected chi connectivity index (χ1v) is 9.05. The molecule has 0 bridgehead atoms. The zero-order valence-corrected chi connectivity index (χ0v) is 14.0. The maximum Gasteiger partial charge on any atom is 0.239 e. The highest BCUT2D eigenvalue weighted by atomic mass is 32.2. The van der Waals surface area contributed by atoms with Crippen molar-refractivity contribution in [1.82, 2.24) is 4.90 Å². The summed E-state index contributed by atoms with van der Waals surface area (Å²) >= 11 is 0. The van der Waals surface area contributed by atoms with Crippen molar-refractivity contribution < 1.29 is 22.4 Å². The van der Waals surface area contributed by atoms with Crippen LogP contribution in [0.2, 0.25) is 0 Å². The van der Waals surface area contributed by atoms with Crippen molar-refractivity contribution in [1.29, 1.82) is 0 Å². The lowest BCUT2D eigenvalue weighted by Gasteiger charge is -2.16. The van der Waals surface area contributed by atoms with Crippen LogP contribution in [0.5, 0.6) is 0 Å². The Kier molecular flexibility index (Phi) is 7.15. The van der Waals surface area contributed by atoms with E-state index < -0.39 is 39.0 Å². The molecule has 0 radical (unpaired) electrons. The highest BCUT2D eigenvalue weighted by Crippen LogP contribution is 2.08. The Morgan fingerprint density at radius 3 is 2.35 bits per heavy atom. The van der Waals surface area contributed by atoms with Crippen molar-refractivity contribution in [3.8, 4) is 0 Å². The Morgan fingerprint density at radius 2 is 1.78 bits per heavy atom. The molecule has 1 aromatic rings. The van der Waals surface area contributed by atoms with Crippen molar-refractivity contribution in [3.05, 3.63) is 30.1 Å². The van der Waals surface area contributed by atoms with Crippen LogP contribution >= 0.6 is 0 Å². The number of nitrogens with one attached hydrogen (secondary N) is 1. The highest BCUT2D eigenvalue weighted by Gasteiger charge is 2.22. The van der Waals surface area contributed by atoms with E-state index in [1.165, 1.54) is 24.1 Å². The SMILES string of the molecule is CCCCN(C)C(=O)CS(=O)(=O)CC(=O)Nc1ccc(F)cc1. The molecule has 6 nitrogen and oxygen atoms in total. The van der Waals surface area contributed by atoms with Gasteiger partial charge in [0.05, 0.1) is 0 Å². The summed E-state index contributed by atoms with van der Waals surface area (Å²) in [5, 5.41) is 2.35. The summed E-state index contributed by atoms with van der Waals surface area (Å²) in [6.45, 7) is 2.45. The number of carbonyl (C=O) groups is 2.